The third-order valence-electron chi connectivity index (χ3n) is 2.30. The van der Waals surface area contributed by atoms with Crippen molar-refractivity contribution in [2.75, 3.05) is 0 Å². The second kappa shape index (κ2) is 12.0. The Morgan fingerprint density at radius 3 is 0.920 bits per heavy atom. The second-order valence-electron chi connectivity index (χ2n) is 3.95. The first-order valence-electron chi connectivity index (χ1n) is 6.18. The zero-order chi connectivity index (χ0) is 17.9. The number of aromatic carboxylic acids is 3. The fourth-order valence-corrected chi connectivity index (χ4v) is 1.16. The molecule has 0 aliphatic heterocycles. The monoisotopic (exact) mass is 478 g/mol. The summed E-state index contributed by atoms with van der Waals surface area (Å²) in [4.78, 5) is 30.0. The predicted octanol–water partition coefficient (Wildman–Crippen LogP) is 2.93. The maximum Gasteiger partial charge on any atom is 0.338 e. The number of carboxylic acids is 3. The first-order chi connectivity index (χ1) is 11.4. The Labute approximate surface area is 173 Å². The van der Waals surface area contributed by atoms with E-state index < -0.39 is 17.9 Å². The number of hydrogen-bond donors (Lipinski definition) is 3. The standard InChI is InChI=1S/3C5H4O3.Nd/c3*6-5(7)4-1-2-8-3-4;/h3*1-3H,(H,6,7);. The van der Waals surface area contributed by atoms with E-state index in [-0.39, 0.29) is 57.5 Å². The molecular weight excluding hydrogens is 468 g/mol. The van der Waals surface area contributed by atoms with Gasteiger partial charge in [-0.2, -0.15) is 0 Å². The predicted molar refractivity (Wildman–Crippen MR) is 77.0 cm³/mol. The second-order valence-corrected chi connectivity index (χ2v) is 3.95. The third kappa shape index (κ3) is 8.86. The van der Waals surface area contributed by atoms with Crippen molar-refractivity contribution in [1.82, 2.24) is 0 Å². The van der Waals surface area contributed by atoms with E-state index in [2.05, 4.69) is 13.3 Å². The fourth-order valence-electron chi connectivity index (χ4n) is 1.16. The fraction of sp³-hybridized carbons (Fsp3) is 0. The topological polar surface area (TPSA) is 151 Å². The van der Waals surface area contributed by atoms with Crippen molar-refractivity contribution >= 4 is 17.9 Å². The number of hydrogen-bond acceptors (Lipinski definition) is 6. The molecule has 0 spiro atoms. The van der Waals surface area contributed by atoms with E-state index in [0.717, 1.165) is 0 Å². The van der Waals surface area contributed by atoms with Gasteiger partial charge in [-0.15, -0.1) is 0 Å². The molecule has 0 atom stereocenters. The Bertz CT molecular complexity index is 638. The largest absolute Gasteiger partial charge is 0.478 e. The molecule has 130 valence electrons. The molecular formula is C15H12NdO9. The maximum absolute atomic E-state index is 10.0. The number of rotatable bonds is 3. The van der Waals surface area contributed by atoms with Crippen molar-refractivity contribution in [3.8, 4) is 0 Å². The van der Waals surface area contributed by atoms with E-state index in [1.807, 2.05) is 0 Å². The maximum atomic E-state index is 10.0. The van der Waals surface area contributed by atoms with Crippen LogP contribution in [0.25, 0.3) is 0 Å². The molecule has 9 nitrogen and oxygen atoms in total. The van der Waals surface area contributed by atoms with Gasteiger partial charge in [0.15, 0.2) is 0 Å². The summed E-state index contributed by atoms with van der Waals surface area (Å²) < 4.78 is 13.5. The summed E-state index contributed by atoms with van der Waals surface area (Å²) in [6.45, 7) is 0. The summed E-state index contributed by atoms with van der Waals surface area (Å²) in [7, 11) is 0. The van der Waals surface area contributed by atoms with Crippen LogP contribution in [0.1, 0.15) is 31.1 Å². The molecule has 0 aliphatic carbocycles. The number of carboxylic acid groups (broad SMARTS) is 3. The van der Waals surface area contributed by atoms with Gasteiger partial charge in [0.2, 0.25) is 0 Å². The minimum atomic E-state index is -0.959. The van der Waals surface area contributed by atoms with Gasteiger partial charge in [0.05, 0.1) is 35.5 Å². The van der Waals surface area contributed by atoms with Crippen molar-refractivity contribution in [1.29, 1.82) is 0 Å². The molecule has 0 amide bonds. The smallest absolute Gasteiger partial charge is 0.338 e. The SMILES string of the molecule is O=C(O)c1ccoc1.O=C(O)c1ccoc1.O=C(O)c1ccoc1.[Nd]. The molecule has 0 unspecified atom stereocenters. The van der Waals surface area contributed by atoms with Gasteiger partial charge in [-0.1, -0.05) is 0 Å². The molecule has 0 saturated carbocycles. The summed E-state index contributed by atoms with van der Waals surface area (Å²) in [6, 6.07) is 4.17. The molecule has 3 rings (SSSR count). The summed E-state index contributed by atoms with van der Waals surface area (Å²) in [5, 5.41) is 24.6. The van der Waals surface area contributed by atoms with Crippen LogP contribution < -0.4 is 0 Å². The van der Waals surface area contributed by atoms with E-state index >= 15 is 0 Å². The van der Waals surface area contributed by atoms with Gasteiger partial charge in [-0.25, -0.2) is 14.4 Å². The van der Waals surface area contributed by atoms with Crippen molar-refractivity contribution in [3.63, 3.8) is 0 Å². The molecule has 0 aromatic carbocycles. The molecule has 3 heterocycles. The Kier molecular flexibility index (Phi) is 10.9. The van der Waals surface area contributed by atoms with Gasteiger partial charge < -0.3 is 28.6 Å². The van der Waals surface area contributed by atoms with Crippen LogP contribution in [-0.4, -0.2) is 33.2 Å². The van der Waals surface area contributed by atoms with E-state index in [0.29, 0.717) is 0 Å². The summed E-state index contributed by atoms with van der Waals surface area (Å²) in [6.07, 6.45) is 7.52. The third-order valence-corrected chi connectivity index (χ3v) is 2.30. The summed E-state index contributed by atoms with van der Waals surface area (Å²) >= 11 is 0. The van der Waals surface area contributed by atoms with Gasteiger partial charge >= 0.3 is 17.9 Å². The van der Waals surface area contributed by atoms with Crippen LogP contribution >= 0.6 is 0 Å². The summed E-state index contributed by atoms with van der Waals surface area (Å²) in [5.41, 5.74) is 0.556. The quantitative estimate of drug-likeness (QED) is 0.514. The van der Waals surface area contributed by atoms with Crippen LogP contribution in [0.5, 0.6) is 0 Å². The van der Waals surface area contributed by atoms with Gasteiger partial charge in [-0.05, 0) is 18.2 Å². The van der Waals surface area contributed by atoms with E-state index in [9.17, 15) is 14.4 Å². The van der Waals surface area contributed by atoms with Crippen LogP contribution in [0.3, 0.4) is 0 Å². The van der Waals surface area contributed by atoms with Crippen molar-refractivity contribution < 1.29 is 83.8 Å². The van der Waals surface area contributed by atoms with Crippen LogP contribution in [-0.2, 0) is 0 Å². The minimum Gasteiger partial charge on any atom is -0.478 e. The molecule has 10 heteroatoms. The van der Waals surface area contributed by atoms with Crippen LogP contribution in [0.2, 0.25) is 0 Å². The van der Waals surface area contributed by atoms with Gasteiger partial charge in [-0.3, -0.25) is 0 Å². The molecule has 0 fully saturated rings. The molecule has 3 N–H and O–H groups in total. The average Bonchev–Trinajstić information content (AvgIpc) is 3.29. The molecule has 0 radical (unpaired) electrons. The zero-order valence-electron chi connectivity index (χ0n) is 12.5. The van der Waals surface area contributed by atoms with E-state index in [4.69, 9.17) is 15.3 Å². The first-order valence-corrected chi connectivity index (χ1v) is 6.18. The van der Waals surface area contributed by atoms with Crippen molar-refractivity contribution in [3.05, 3.63) is 72.5 Å². The molecule has 0 saturated heterocycles. The average molecular weight is 480 g/mol. The first kappa shape index (κ1) is 22.6. The van der Waals surface area contributed by atoms with Gasteiger partial charge in [0.1, 0.15) is 18.8 Å². The zero-order valence-corrected chi connectivity index (χ0v) is 15.7. The summed E-state index contributed by atoms with van der Waals surface area (Å²) in [5.74, 6) is -2.88. The molecule has 3 aromatic rings. The number of furan rings is 3. The Morgan fingerprint density at radius 2 is 0.840 bits per heavy atom. The molecule has 0 aliphatic rings. The van der Waals surface area contributed by atoms with Gasteiger partial charge in [0.25, 0.3) is 0 Å². The van der Waals surface area contributed by atoms with Gasteiger partial charge in [0, 0.05) is 40.8 Å². The van der Waals surface area contributed by atoms with E-state index in [1.54, 1.807) is 0 Å². The van der Waals surface area contributed by atoms with Crippen LogP contribution in [0.15, 0.2) is 69.0 Å². The Hall–Kier alpha value is -2.40. The molecule has 0 bridgehead atoms. The normalized spacial score (nSPS) is 8.64. The molecule has 3 aromatic heterocycles. The van der Waals surface area contributed by atoms with Crippen LogP contribution in [0, 0.1) is 40.8 Å². The Morgan fingerprint density at radius 1 is 0.600 bits per heavy atom. The Balaban J connectivity index is 0.000000339. The minimum absolute atomic E-state index is 0. The van der Waals surface area contributed by atoms with E-state index in [1.165, 1.54) is 55.8 Å². The van der Waals surface area contributed by atoms with Crippen molar-refractivity contribution in [2.24, 2.45) is 0 Å². The molecule has 25 heavy (non-hydrogen) atoms. The number of carbonyl (C=O) groups is 3. The van der Waals surface area contributed by atoms with Crippen molar-refractivity contribution in [2.45, 2.75) is 0 Å². The van der Waals surface area contributed by atoms with Crippen LogP contribution in [0.4, 0.5) is 0 Å².